The van der Waals surface area contributed by atoms with Crippen molar-refractivity contribution in [2.45, 2.75) is 20.4 Å². The molecule has 2 aromatic carbocycles. The van der Waals surface area contributed by atoms with E-state index in [2.05, 4.69) is 27.3 Å². The van der Waals surface area contributed by atoms with E-state index in [-0.39, 0.29) is 18.4 Å². The third-order valence-electron chi connectivity index (χ3n) is 4.75. The van der Waals surface area contributed by atoms with E-state index in [9.17, 15) is 14.4 Å². The van der Waals surface area contributed by atoms with Crippen molar-refractivity contribution in [3.63, 3.8) is 0 Å². The summed E-state index contributed by atoms with van der Waals surface area (Å²) >= 11 is 0. The van der Waals surface area contributed by atoms with Crippen LogP contribution in [0.15, 0.2) is 60.7 Å². The van der Waals surface area contributed by atoms with Gasteiger partial charge in [-0.3, -0.25) is 14.4 Å². The van der Waals surface area contributed by atoms with E-state index in [1.54, 1.807) is 36.4 Å². The van der Waals surface area contributed by atoms with Crippen LogP contribution in [-0.4, -0.2) is 28.8 Å². The van der Waals surface area contributed by atoms with Crippen molar-refractivity contribution < 1.29 is 14.4 Å². The quantitative estimate of drug-likeness (QED) is 0.562. The van der Waals surface area contributed by atoms with Crippen LogP contribution in [0.25, 0.3) is 5.69 Å². The summed E-state index contributed by atoms with van der Waals surface area (Å²) in [5, 5.41) is 5.30. The van der Waals surface area contributed by atoms with Gasteiger partial charge in [-0.15, -0.1) is 0 Å². The summed E-state index contributed by atoms with van der Waals surface area (Å²) in [5.41, 5.74) is 10.1. The van der Waals surface area contributed by atoms with Crippen molar-refractivity contribution in [3.05, 3.63) is 88.7 Å². The minimum atomic E-state index is -0.602. The molecule has 7 nitrogen and oxygen atoms in total. The van der Waals surface area contributed by atoms with E-state index < -0.39 is 5.91 Å². The number of aryl methyl sites for hydroxylation is 2. The van der Waals surface area contributed by atoms with E-state index >= 15 is 0 Å². The molecule has 7 heteroatoms. The van der Waals surface area contributed by atoms with Crippen LogP contribution in [0.5, 0.6) is 0 Å². The molecule has 4 N–H and O–H groups in total. The van der Waals surface area contributed by atoms with Gasteiger partial charge in [0.05, 0.1) is 6.54 Å². The van der Waals surface area contributed by atoms with Crippen molar-refractivity contribution >= 4 is 17.7 Å². The first-order chi connectivity index (χ1) is 14.3. The van der Waals surface area contributed by atoms with E-state index in [4.69, 9.17) is 5.73 Å². The van der Waals surface area contributed by atoms with Crippen LogP contribution in [-0.2, 0) is 11.3 Å². The van der Waals surface area contributed by atoms with Crippen LogP contribution in [0, 0.1) is 13.8 Å². The number of rotatable bonds is 7. The maximum absolute atomic E-state index is 12.4. The minimum Gasteiger partial charge on any atom is -0.368 e. The molecule has 1 aromatic heterocycles. The lowest BCUT2D eigenvalue weighted by molar-refractivity contribution is -0.117. The Morgan fingerprint density at radius 3 is 1.80 bits per heavy atom. The maximum Gasteiger partial charge on any atom is 0.251 e. The molecule has 1 heterocycles. The molecule has 0 radical (unpaired) electrons. The molecular formula is C23H24N4O3. The lowest BCUT2D eigenvalue weighted by Crippen LogP contribution is -2.33. The summed E-state index contributed by atoms with van der Waals surface area (Å²) < 4.78 is 2.13. The second-order valence-electron chi connectivity index (χ2n) is 7.03. The first-order valence-electron chi connectivity index (χ1n) is 9.54. The zero-order valence-electron chi connectivity index (χ0n) is 16.9. The molecule has 0 saturated carbocycles. The number of carbonyl (C=O) groups excluding carboxylic acids is 3. The molecule has 0 aliphatic heterocycles. The third-order valence-corrected chi connectivity index (χ3v) is 4.75. The van der Waals surface area contributed by atoms with Crippen LogP contribution in [0.4, 0.5) is 0 Å². The largest absolute Gasteiger partial charge is 0.368 e. The molecule has 0 aliphatic rings. The third kappa shape index (κ3) is 4.94. The Balaban J connectivity index is 1.58. The van der Waals surface area contributed by atoms with Gasteiger partial charge in [0, 0.05) is 34.7 Å². The number of nitrogens with one attached hydrogen (secondary N) is 2. The molecule has 30 heavy (non-hydrogen) atoms. The fourth-order valence-corrected chi connectivity index (χ4v) is 3.17. The molecule has 3 rings (SSSR count). The summed E-state index contributed by atoms with van der Waals surface area (Å²) in [7, 11) is 0. The summed E-state index contributed by atoms with van der Waals surface area (Å²) in [6.45, 7) is 4.21. The van der Waals surface area contributed by atoms with Gasteiger partial charge in [-0.2, -0.15) is 0 Å². The van der Waals surface area contributed by atoms with Gasteiger partial charge in [0.25, 0.3) is 11.8 Å². The molecule has 0 fully saturated rings. The molecule has 0 unspecified atom stereocenters. The molecule has 3 amide bonds. The standard InChI is InChI=1S/C23H24N4O3/c1-15-3-4-16(2)27(15)20-11-9-19(10-12-20)22(29)25-13-17-5-7-18(8-6-17)23(30)26-14-21(24)28/h3-12H,13-14H2,1-2H3,(H2,24,28)(H,25,29)(H,26,30). The van der Waals surface area contributed by atoms with Gasteiger partial charge < -0.3 is 20.9 Å². The van der Waals surface area contributed by atoms with E-state index in [1.165, 1.54) is 0 Å². The summed E-state index contributed by atoms with van der Waals surface area (Å²) in [4.78, 5) is 35.1. The Hall–Kier alpha value is -3.87. The predicted octanol–water partition coefficient (Wildman–Crippen LogP) is 2.24. The Morgan fingerprint density at radius 1 is 0.767 bits per heavy atom. The van der Waals surface area contributed by atoms with Gasteiger partial charge >= 0.3 is 0 Å². The van der Waals surface area contributed by atoms with Crippen molar-refractivity contribution in [3.8, 4) is 5.69 Å². The van der Waals surface area contributed by atoms with E-state index in [0.29, 0.717) is 17.7 Å². The molecule has 154 valence electrons. The zero-order valence-corrected chi connectivity index (χ0v) is 16.9. The lowest BCUT2D eigenvalue weighted by Gasteiger charge is -2.11. The lowest BCUT2D eigenvalue weighted by atomic mass is 10.1. The van der Waals surface area contributed by atoms with Crippen molar-refractivity contribution in [2.75, 3.05) is 6.54 Å². The van der Waals surface area contributed by atoms with Crippen molar-refractivity contribution in [1.29, 1.82) is 0 Å². The molecular weight excluding hydrogens is 380 g/mol. The first kappa shape index (κ1) is 20.9. The van der Waals surface area contributed by atoms with Gasteiger partial charge in [0.15, 0.2) is 0 Å². The van der Waals surface area contributed by atoms with Crippen LogP contribution in [0.2, 0.25) is 0 Å². The SMILES string of the molecule is Cc1ccc(C)n1-c1ccc(C(=O)NCc2ccc(C(=O)NCC(N)=O)cc2)cc1. The second kappa shape index (κ2) is 9.09. The van der Waals surface area contributed by atoms with Crippen LogP contribution >= 0.6 is 0 Å². The van der Waals surface area contributed by atoms with Crippen LogP contribution in [0.1, 0.15) is 37.7 Å². The Bertz CT molecular complexity index is 1050. The smallest absolute Gasteiger partial charge is 0.251 e. The number of amides is 3. The van der Waals surface area contributed by atoms with Crippen LogP contribution in [0.3, 0.4) is 0 Å². The highest BCUT2D eigenvalue weighted by atomic mass is 16.2. The number of benzene rings is 2. The average Bonchev–Trinajstić information content (AvgIpc) is 3.08. The highest BCUT2D eigenvalue weighted by Gasteiger charge is 2.09. The second-order valence-corrected chi connectivity index (χ2v) is 7.03. The van der Waals surface area contributed by atoms with E-state index in [0.717, 1.165) is 22.6 Å². The molecule has 0 atom stereocenters. The zero-order chi connectivity index (χ0) is 21.7. The van der Waals surface area contributed by atoms with Gasteiger partial charge in [0.1, 0.15) is 0 Å². The van der Waals surface area contributed by atoms with Gasteiger partial charge in [0.2, 0.25) is 5.91 Å². The summed E-state index contributed by atoms with van der Waals surface area (Å²) in [5.74, 6) is -1.15. The highest BCUT2D eigenvalue weighted by Crippen LogP contribution is 2.17. The molecule has 3 aromatic rings. The van der Waals surface area contributed by atoms with Crippen LogP contribution < -0.4 is 16.4 Å². The van der Waals surface area contributed by atoms with Gasteiger partial charge in [-0.05, 0) is 67.9 Å². The molecule has 0 spiro atoms. The number of carbonyl (C=O) groups is 3. The molecule has 0 bridgehead atoms. The number of aromatic nitrogens is 1. The van der Waals surface area contributed by atoms with Crippen molar-refractivity contribution in [1.82, 2.24) is 15.2 Å². The molecule has 0 saturated heterocycles. The summed E-state index contributed by atoms with van der Waals surface area (Å²) in [6.07, 6.45) is 0. The highest BCUT2D eigenvalue weighted by molar-refractivity contribution is 5.96. The minimum absolute atomic E-state index is 0.175. The Kier molecular flexibility index (Phi) is 6.32. The monoisotopic (exact) mass is 404 g/mol. The number of nitrogens with two attached hydrogens (primary N) is 1. The number of nitrogens with zero attached hydrogens (tertiary/aromatic N) is 1. The van der Waals surface area contributed by atoms with Gasteiger partial charge in [-0.25, -0.2) is 0 Å². The predicted molar refractivity (Wildman–Crippen MR) is 114 cm³/mol. The number of primary amides is 1. The molecule has 0 aliphatic carbocycles. The fraction of sp³-hybridized carbons (Fsp3) is 0.174. The fourth-order valence-electron chi connectivity index (χ4n) is 3.17. The van der Waals surface area contributed by atoms with Crippen molar-refractivity contribution in [2.24, 2.45) is 5.73 Å². The topological polar surface area (TPSA) is 106 Å². The summed E-state index contributed by atoms with van der Waals surface area (Å²) in [6, 6.07) is 18.3. The Morgan fingerprint density at radius 2 is 1.27 bits per heavy atom. The Labute approximate surface area is 174 Å². The average molecular weight is 404 g/mol. The number of hydrogen-bond acceptors (Lipinski definition) is 3. The maximum atomic E-state index is 12.4. The first-order valence-corrected chi connectivity index (χ1v) is 9.54. The van der Waals surface area contributed by atoms with Gasteiger partial charge in [-0.1, -0.05) is 12.1 Å². The number of hydrogen-bond donors (Lipinski definition) is 3. The normalized spacial score (nSPS) is 10.5. The van der Waals surface area contributed by atoms with E-state index in [1.807, 2.05) is 26.0 Å².